The number of carbonyl (C=O) groups excluding carboxylic acids is 1. The van der Waals surface area contributed by atoms with Crippen LogP contribution in [0.2, 0.25) is 0 Å². The fourth-order valence-electron chi connectivity index (χ4n) is 1.84. The van der Waals surface area contributed by atoms with Crippen LogP contribution >= 0.6 is 38.6 Å². The highest BCUT2D eigenvalue weighted by atomic mass is 79.9. The van der Waals surface area contributed by atoms with Gasteiger partial charge in [0, 0.05) is 20.3 Å². The Bertz CT molecular complexity index is 731. The molecule has 0 saturated heterocycles. The van der Waals surface area contributed by atoms with Crippen LogP contribution < -0.4 is 0 Å². The Morgan fingerprint density at radius 2 is 2.05 bits per heavy atom. The first-order chi connectivity index (χ1) is 9.13. The van der Waals surface area contributed by atoms with Crippen molar-refractivity contribution in [1.29, 1.82) is 0 Å². The van der Waals surface area contributed by atoms with Crippen LogP contribution in [0.1, 0.15) is 15.2 Å². The standard InChI is InChI=1S/C14H8BrFOS2/c15-10-2-1-9(16)5-8(10)6-11(17)13-7-14-12(19-13)3-4-18-14/h1-5,7H,6H2. The van der Waals surface area contributed by atoms with E-state index in [0.29, 0.717) is 5.56 Å². The van der Waals surface area contributed by atoms with Gasteiger partial charge in [0.25, 0.3) is 0 Å². The molecule has 2 heterocycles. The third kappa shape index (κ3) is 2.63. The lowest BCUT2D eigenvalue weighted by atomic mass is 10.1. The molecule has 2 aromatic heterocycles. The summed E-state index contributed by atoms with van der Waals surface area (Å²) >= 11 is 6.46. The molecule has 0 aliphatic carbocycles. The molecule has 1 aromatic carbocycles. The van der Waals surface area contributed by atoms with Gasteiger partial charge < -0.3 is 0 Å². The third-order valence-electron chi connectivity index (χ3n) is 2.77. The molecule has 0 radical (unpaired) electrons. The fraction of sp³-hybridized carbons (Fsp3) is 0.0714. The molecule has 19 heavy (non-hydrogen) atoms. The molecule has 0 aliphatic heterocycles. The lowest BCUT2D eigenvalue weighted by Gasteiger charge is -2.02. The predicted molar refractivity (Wildman–Crippen MR) is 81.8 cm³/mol. The van der Waals surface area contributed by atoms with E-state index in [1.165, 1.54) is 23.5 Å². The normalized spacial score (nSPS) is 11.1. The maximum absolute atomic E-state index is 13.2. The van der Waals surface area contributed by atoms with E-state index in [2.05, 4.69) is 15.9 Å². The number of Topliss-reactive ketones (excluding diaryl/α,β-unsaturated/α-hetero) is 1. The monoisotopic (exact) mass is 354 g/mol. The van der Waals surface area contributed by atoms with Crippen LogP contribution in [0.15, 0.2) is 40.2 Å². The molecule has 1 nitrogen and oxygen atoms in total. The average Bonchev–Trinajstić information content (AvgIpc) is 2.94. The van der Waals surface area contributed by atoms with E-state index in [-0.39, 0.29) is 18.0 Å². The van der Waals surface area contributed by atoms with Crippen molar-refractivity contribution in [2.24, 2.45) is 0 Å². The van der Waals surface area contributed by atoms with Gasteiger partial charge in [0.1, 0.15) is 5.82 Å². The number of benzene rings is 1. The van der Waals surface area contributed by atoms with Crippen molar-refractivity contribution in [3.63, 3.8) is 0 Å². The van der Waals surface area contributed by atoms with E-state index in [1.54, 1.807) is 17.4 Å². The summed E-state index contributed by atoms with van der Waals surface area (Å²) in [4.78, 5) is 13.0. The van der Waals surface area contributed by atoms with Crippen molar-refractivity contribution in [3.05, 3.63) is 56.4 Å². The summed E-state index contributed by atoms with van der Waals surface area (Å²) < 4.78 is 16.2. The van der Waals surface area contributed by atoms with Crippen molar-refractivity contribution in [2.45, 2.75) is 6.42 Å². The highest BCUT2D eigenvalue weighted by Crippen LogP contribution is 2.31. The van der Waals surface area contributed by atoms with Crippen LogP contribution in [0.25, 0.3) is 9.40 Å². The third-order valence-corrected chi connectivity index (χ3v) is 5.68. The molecule has 0 fully saturated rings. The Kier molecular flexibility index (Phi) is 3.52. The Hall–Kier alpha value is -1.04. The molecule has 0 saturated carbocycles. The van der Waals surface area contributed by atoms with Crippen molar-refractivity contribution in [3.8, 4) is 0 Å². The molecular formula is C14H8BrFOS2. The minimum Gasteiger partial charge on any atom is -0.293 e. The number of ketones is 1. The summed E-state index contributed by atoms with van der Waals surface area (Å²) in [5.74, 6) is -0.294. The van der Waals surface area contributed by atoms with Gasteiger partial charge in [0.05, 0.1) is 4.88 Å². The van der Waals surface area contributed by atoms with E-state index in [4.69, 9.17) is 0 Å². The number of hydrogen-bond acceptors (Lipinski definition) is 3. The van der Waals surface area contributed by atoms with Crippen LogP contribution in [0.3, 0.4) is 0 Å². The van der Waals surface area contributed by atoms with Gasteiger partial charge >= 0.3 is 0 Å². The zero-order valence-electron chi connectivity index (χ0n) is 9.65. The summed E-state index contributed by atoms with van der Waals surface area (Å²) in [7, 11) is 0. The Balaban J connectivity index is 1.88. The number of carbonyl (C=O) groups is 1. The van der Waals surface area contributed by atoms with Gasteiger partial charge in [0.2, 0.25) is 0 Å². The number of thiophene rings is 2. The van der Waals surface area contributed by atoms with Gasteiger partial charge in [-0.1, -0.05) is 15.9 Å². The minimum absolute atomic E-state index is 0.0275. The number of hydrogen-bond donors (Lipinski definition) is 0. The lowest BCUT2D eigenvalue weighted by molar-refractivity contribution is 0.0996. The lowest BCUT2D eigenvalue weighted by Crippen LogP contribution is -2.02. The first-order valence-corrected chi connectivity index (χ1v) is 8.06. The smallest absolute Gasteiger partial charge is 0.177 e. The van der Waals surface area contributed by atoms with Gasteiger partial charge in [-0.2, -0.15) is 0 Å². The maximum atomic E-state index is 13.2. The molecule has 3 rings (SSSR count). The van der Waals surface area contributed by atoms with E-state index in [0.717, 1.165) is 18.7 Å². The highest BCUT2D eigenvalue weighted by Gasteiger charge is 2.13. The minimum atomic E-state index is -0.321. The van der Waals surface area contributed by atoms with Gasteiger partial charge in [0.15, 0.2) is 5.78 Å². The van der Waals surface area contributed by atoms with E-state index >= 15 is 0 Å². The van der Waals surface area contributed by atoms with Crippen molar-refractivity contribution in [1.82, 2.24) is 0 Å². The second-order valence-corrected chi connectivity index (χ2v) is 6.98. The number of halogens is 2. The summed E-state index contributed by atoms with van der Waals surface area (Å²) in [5.41, 5.74) is 0.682. The second kappa shape index (κ2) is 5.15. The maximum Gasteiger partial charge on any atom is 0.177 e. The fourth-order valence-corrected chi connectivity index (χ4v) is 4.28. The Morgan fingerprint density at radius 1 is 1.21 bits per heavy atom. The van der Waals surface area contributed by atoms with Crippen LogP contribution in [-0.4, -0.2) is 5.78 Å². The number of fused-ring (bicyclic) bond motifs is 1. The van der Waals surface area contributed by atoms with Gasteiger partial charge in [-0.05, 0) is 41.3 Å². The molecule has 3 aromatic rings. The summed E-state index contributed by atoms with van der Waals surface area (Å²) in [5, 5.41) is 2.01. The van der Waals surface area contributed by atoms with Crippen molar-refractivity contribution >= 4 is 53.8 Å². The molecule has 96 valence electrons. The molecular weight excluding hydrogens is 347 g/mol. The largest absolute Gasteiger partial charge is 0.293 e. The first kappa shape index (κ1) is 13.0. The molecule has 0 spiro atoms. The van der Waals surface area contributed by atoms with Crippen LogP contribution in [0.5, 0.6) is 0 Å². The highest BCUT2D eigenvalue weighted by molar-refractivity contribution is 9.10. The second-order valence-electron chi connectivity index (χ2n) is 4.10. The molecule has 0 unspecified atom stereocenters. The zero-order chi connectivity index (χ0) is 13.4. The molecule has 0 atom stereocenters. The average molecular weight is 355 g/mol. The van der Waals surface area contributed by atoms with Crippen LogP contribution in [0.4, 0.5) is 4.39 Å². The molecule has 0 N–H and O–H groups in total. The molecule has 0 bridgehead atoms. The van der Waals surface area contributed by atoms with Gasteiger partial charge in [-0.15, -0.1) is 22.7 Å². The summed E-state index contributed by atoms with van der Waals surface area (Å²) in [6.45, 7) is 0. The Labute approximate surface area is 125 Å². The number of rotatable bonds is 3. The topological polar surface area (TPSA) is 17.1 Å². The summed E-state index contributed by atoms with van der Waals surface area (Å²) in [6.07, 6.45) is 0.214. The molecule has 0 aliphatic rings. The quantitative estimate of drug-likeness (QED) is 0.584. The zero-order valence-corrected chi connectivity index (χ0v) is 12.9. The van der Waals surface area contributed by atoms with E-state index in [9.17, 15) is 9.18 Å². The van der Waals surface area contributed by atoms with Crippen molar-refractivity contribution < 1.29 is 9.18 Å². The predicted octanol–water partition coefficient (Wildman–Crippen LogP) is 5.29. The first-order valence-electron chi connectivity index (χ1n) is 5.57. The summed E-state index contributed by atoms with van der Waals surface area (Å²) in [6, 6.07) is 8.34. The van der Waals surface area contributed by atoms with Crippen LogP contribution in [0, 0.1) is 5.82 Å². The SMILES string of the molecule is O=C(Cc1cc(F)ccc1Br)c1cc2sccc2s1. The molecule has 5 heteroatoms. The van der Waals surface area contributed by atoms with E-state index in [1.807, 2.05) is 17.5 Å². The van der Waals surface area contributed by atoms with Crippen molar-refractivity contribution in [2.75, 3.05) is 0 Å². The molecule has 0 amide bonds. The Morgan fingerprint density at radius 3 is 2.84 bits per heavy atom. The van der Waals surface area contributed by atoms with Crippen LogP contribution in [-0.2, 0) is 6.42 Å². The van der Waals surface area contributed by atoms with E-state index < -0.39 is 0 Å². The van der Waals surface area contributed by atoms with Gasteiger partial charge in [-0.3, -0.25) is 4.79 Å². The van der Waals surface area contributed by atoms with Gasteiger partial charge in [-0.25, -0.2) is 4.39 Å².